The number of likely N-dealkylation sites (N-methyl/N-ethyl adjacent to an activating group) is 1. The van der Waals surface area contributed by atoms with Crippen molar-refractivity contribution in [1.29, 1.82) is 0 Å². The summed E-state index contributed by atoms with van der Waals surface area (Å²) in [5.41, 5.74) is -0.181. The fourth-order valence-corrected chi connectivity index (χ4v) is 4.03. The van der Waals surface area contributed by atoms with E-state index in [1.54, 1.807) is 0 Å². The Morgan fingerprint density at radius 3 is 2.65 bits per heavy atom. The van der Waals surface area contributed by atoms with Crippen LogP contribution in [-0.4, -0.2) is 58.6 Å². The summed E-state index contributed by atoms with van der Waals surface area (Å²) >= 11 is 0. The van der Waals surface area contributed by atoms with E-state index in [0.717, 1.165) is 38.6 Å². The van der Waals surface area contributed by atoms with Gasteiger partial charge < -0.3 is 10.0 Å². The second-order valence-corrected chi connectivity index (χ2v) is 7.12. The fourth-order valence-electron chi connectivity index (χ4n) is 4.03. The molecule has 2 rings (SSSR count). The van der Waals surface area contributed by atoms with E-state index in [2.05, 4.69) is 25.7 Å². The van der Waals surface area contributed by atoms with Gasteiger partial charge in [-0.1, -0.05) is 6.92 Å². The molecule has 0 bridgehead atoms. The van der Waals surface area contributed by atoms with E-state index in [0.29, 0.717) is 5.92 Å². The van der Waals surface area contributed by atoms with Crippen molar-refractivity contribution in [3.63, 3.8) is 0 Å². The van der Waals surface area contributed by atoms with Gasteiger partial charge in [0, 0.05) is 18.1 Å². The van der Waals surface area contributed by atoms with E-state index in [1.165, 1.54) is 0 Å². The van der Waals surface area contributed by atoms with Gasteiger partial charge in [0.05, 0.1) is 12.6 Å². The largest absolute Gasteiger partial charge is 0.394 e. The third-order valence-corrected chi connectivity index (χ3v) is 5.41. The highest BCUT2D eigenvalue weighted by Gasteiger charge is 2.46. The Labute approximate surface area is 123 Å². The molecule has 0 aromatic carbocycles. The van der Waals surface area contributed by atoms with Gasteiger partial charge in [0.2, 0.25) is 5.91 Å². The minimum Gasteiger partial charge on any atom is -0.394 e. The van der Waals surface area contributed by atoms with Crippen molar-refractivity contribution in [1.82, 2.24) is 9.80 Å². The Morgan fingerprint density at radius 1 is 1.45 bits per heavy atom. The molecule has 20 heavy (non-hydrogen) atoms. The van der Waals surface area contributed by atoms with E-state index in [4.69, 9.17) is 0 Å². The lowest BCUT2D eigenvalue weighted by Crippen LogP contribution is -2.60. The molecule has 1 saturated heterocycles. The Hall–Kier alpha value is -0.610. The van der Waals surface area contributed by atoms with Crippen LogP contribution in [0.25, 0.3) is 0 Å². The van der Waals surface area contributed by atoms with Crippen LogP contribution in [0.3, 0.4) is 0 Å². The van der Waals surface area contributed by atoms with Gasteiger partial charge in [-0.05, 0) is 58.9 Å². The summed E-state index contributed by atoms with van der Waals surface area (Å²) in [5.74, 6) is 0.894. The highest BCUT2D eigenvalue weighted by atomic mass is 16.3. The Balaban J connectivity index is 2.15. The minimum atomic E-state index is -0.181. The zero-order valence-electron chi connectivity index (χ0n) is 13.4. The van der Waals surface area contributed by atoms with Crippen LogP contribution >= 0.6 is 0 Å². The molecule has 1 heterocycles. The number of likely N-dealkylation sites (tertiary alicyclic amines) is 1. The summed E-state index contributed by atoms with van der Waals surface area (Å²) in [6.07, 6.45) is 5.16. The summed E-state index contributed by atoms with van der Waals surface area (Å²) in [5, 5.41) is 9.93. The first kappa shape index (κ1) is 15.8. The Kier molecular flexibility index (Phi) is 4.75. The topological polar surface area (TPSA) is 43.8 Å². The molecule has 1 amide bonds. The van der Waals surface area contributed by atoms with E-state index in [-0.39, 0.29) is 30.1 Å². The summed E-state index contributed by atoms with van der Waals surface area (Å²) < 4.78 is 0. The maximum atomic E-state index is 12.7. The van der Waals surface area contributed by atoms with Crippen molar-refractivity contribution in [2.24, 2.45) is 5.92 Å². The molecule has 4 nitrogen and oxygen atoms in total. The van der Waals surface area contributed by atoms with E-state index in [9.17, 15) is 9.90 Å². The molecule has 0 spiro atoms. The van der Waals surface area contributed by atoms with E-state index < -0.39 is 0 Å². The highest BCUT2D eigenvalue weighted by Crippen LogP contribution is 2.40. The number of nitrogens with zero attached hydrogens (tertiary/aromatic N) is 2. The lowest BCUT2D eigenvalue weighted by atomic mass is 9.90. The van der Waals surface area contributed by atoms with Gasteiger partial charge in [0.1, 0.15) is 0 Å². The second-order valence-electron chi connectivity index (χ2n) is 7.12. The first-order valence-corrected chi connectivity index (χ1v) is 8.05. The van der Waals surface area contributed by atoms with Crippen molar-refractivity contribution in [3.05, 3.63) is 0 Å². The first-order chi connectivity index (χ1) is 9.41. The average molecular weight is 282 g/mol. The smallest absolute Gasteiger partial charge is 0.240 e. The lowest BCUT2D eigenvalue weighted by Gasteiger charge is -2.46. The van der Waals surface area contributed by atoms with Gasteiger partial charge in [0.25, 0.3) is 0 Å². The van der Waals surface area contributed by atoms with Crippen LogP contribution in [0.2, 0.25) is 0 Å². The molecule has 1 saturated carbocycles. The number of amides is 1. The van der Waals surface area contributed by atoms with Gasteiger partial charge in [-0.2, -0.15) is 0 Å². The third-order valence-electron chi connectivity index (χ3n) is 5.41. The fraction of sp³-hybridized carbons (Fsp3) is 0.938. The van der Waals surface area contributed by atoms with E-state index in [1.807, 2.05) is 11.9 Å². The van der Waals surface area contributed by atoms with Crippen molar-refractivity contribution in [3.8, 4) is 0 Å². The number of carbonyl (C=O) groups excluding carboxylic acids is 1. The zero-order chi connectivity index (χ0) is 14.9. The molecule has 116 valence electrons. The summed E-state index contributed by atoms with van der Waals surface area (Å²) in [4.78, 5) is 16.9. The highest BCUT2D eigenvalue weighted by molar-refractivity contribution is 5.83. The van der Waals surface area contributed by atoms with Crippen LogP contribution < -0.4 is 0 Å². The van der Waals surface area contributed by atoms with Gasteiger partial charge in [-0.25, -0.2) is 0 Å². The van der Waals surface area contributed by atoms with Gasteiger partial charge in [-0.3, -0.25) is 9.69 Å². The van der Waals surface area contributed by atoms with E-state index >= 15 is 0 Å². The van der Waals surface area contributed by atoms with Crippen LogP contribution in [0, 0.1) is 5.92 Å². The SMILES string of the molecule is CC1CCC(CO)(N(C)C2CCCN(C(C)C)C2=O)C1. The predicted molar refractivity (Wildman–Crippen MR) is 80.5 cm³/mol. The molecule has 2 fully saturated rings. The monoisotopic (exact) mass is 282 g/mol. The third kappa shape index (κ3) is 2.73. The Morgan fingerprint density at radius 2 is 2.15 bits per heavy atom. The number of aliphatic hydroxyl groups excluding tert-OH is 1. The Bertz CT molecular complexity index is 358. The standard InChI is InChI=1S/C16H30N2O2/c1-12(2)18-9-5-6-14(15(18)20)17(4)16(11-19)8-7-13(3)10-16/h12-14,19H,5-11H2,1-4H3. The van der Waals surface area contributed by atoms with Crippen LogP contribution in [0.5, 0.6) is 0 Å². The van der Waals surface area contributed by atoms with Gasteiger partial charge in [-0.15, -0.1) is 0 Å². The first-order valence-electron chi connectivity index (χ1n) is 8.05. The normalized spacial score (nSPS) is 35.4. The number of piperidine rings is 1. The molecule has 1 N–H and O–H groups in total. The van der Waals surface area contributed by atoms with Crippen LogP contribution in [-0.2, 0) is 4.79 Å². The van der Waals surface area contributed by atoms with Crippen molar-refractivity contribution in [2.75, 3.05) is 20.2 Å². The average Bonchev–Trinajstić information content (AvgIpc) is 2.81. The summed E-state index contributed by atoms with van der Waals surface area (Å²) in [6, 6.07) is 0.217. The molecule has 3 atom stereocenters. The molecule has 0 radical (unpaired) electrons. The molecule has 4 heteroatoms. The van der Waals surface area contributed by atoms with Crippen molar-refractivity contribution in [2.45, 2.75) is 70.5 Å². The number of aliphatic hydroxyl groups is 1. The molecule has 1 aliphatic heterocycles. The molecular weight excluding hydrogens is 252 g/mol. The maximum absolute atomic E-state index is 12.7. The van der Waals surface area contributed by atoms with Crippen LogP contribution in [0.4, 0.5) is 0 Å². The number of hydrogen-bond donors (Lipinski definition) is 1. The summed E-state index contributed by atoms with van der Waals surface area (Å²) in [6.45, 7) is 7.45. The molecular formula is C16H30N2O2. The zero-order valence-corrected chi connectivity index (χ0v) is 13.4. The molecule has 0 aromatic heterocycles. The number of carbonyl (C=O) groups is 1. The molecule has 3 unspecified atom stereocenters. The molecule has 0 aromatic rings. The van der Waals surface area contributed by atoms with Gasteiger partial charge in [0.15, 0.2) is 0 Å². The maximum Gasteiger partial charge on any atom is 0.240 e. The van der Waals surface area contributed by atoms with Crippen molar-refractivity contribution >= 4 is 5.91 Å². The predicted octanol–water partition coefficient (Wildman–Crippen LogP) is 1.87. The second kappa shape index (κ2) is 6.02. The number of hydrogen-bond acceptors (Lipinski definition) is 3. The molecule has 1 aliphatic carbocycles. The molecule has 2 aliphatic rings. The lowest BCUT2D eigenvalue weighted by molar-refractivity contribution is -0.145. The van der Waals surface area contributed by atoms with Gasteiger partial charge >= 0.3 is 0 Å². The quantitative estimate of drug-likeness (QED) is 0.856. The number of rotatable bonds is 4. The van der Waals surface area contributed by atoms with Crippen molar-refractivity contribution < 1.29 is 9.90 Å². The van der Waals surface area contributed by atoms with Crippen LogP contribution in [0.1, 0.15) is 52.9 Å². The minimum absolute atomic E-state index is 0.0522. The summed E-state index contributed by atoms with van der Waals surface area (Å²) in [7, 11) is 2.04. The van der Waals surface area contributed by atoms with Crippen LogP contribution in [0.15, 0.2) is 0 Å².